The van der Waals surface area contributed by atoms with Gasteiger partial charge in [0.05, 0.1) is 24.2 Å². The van der Waals surface area contributed by atoms with E-state index in [1.54, 1.807) is 35.8 Å². The first-order valence-corrected chi connectivity index (χ1v) is 8.16. The maximum atomic E-state index is 5.49. The van der Waals surface area contributed by atoms with E-state index in [4.69, 9.17) is 20.2 Å². The van der Waals surface area contributed by atoms with Gasteiger partial charge in [0.1, 0.15) is 17.6 Å². The van der Waals surface area contributed by atoms with Gasteiger partial charge in [-0.2, -0.15) is 0 Å². The Morgan fingerprint density at radius 1 is 1.21 bits per heavy atom. The van der Waals surface area contributed by atoms with Crippen LogP contribution in [-0.4, -0.2) is 25.1 Å². The van der Waals surface area contributed by atoms with Crippen LogP contribution in [0.1, 0.15) is 24.7 Å². The number of hydrogen-bond donors (Lipinski definition) is 1. The summed E-state index contributed by atoms with van der Waals surface area (Å²) in [6, 6.07) is 5.84. The summed E-state index contributed by atoms with van der Waals surface area (Å²) in [6.45, 7) is 4.27. The van der Waals surface area contributed by atoms with Gasteiger partial charge in [0.2, 0.25) is 0 Å². The lowest BCUT2D eigenvalue weighted by Crippen LogP contribution is -2.36. The van der Waals surface area contributed by atoms with Gasteiger partial charge in [-0.1, -0.05) is 27.7 Å². The van der Waals surface area contributed by atoms with Crippen molar-refractivity contribution in [3.8, 4) is 11.5 Å². The topological polar surface area (TPSA) is 53.7 Å². The molecule has 19 heavy (non-hydrogen) atoms. The van der Waals surface area contributed by atoms with Gasteiger partial charge >= 0.3 is 0 Å². The molecule has 1 fully saturated rings. The Balaban J connectivity index is 2.36. The molecule has 2 atom stereocenters. The highest BCUT2D eigenvalue weighted by molar-refractivity contribution is 8.77. The minimum Gasteiger partial charge on any atom is -0.497 e. The average Bonchev–Trinajstić information content (AvgIpc) is 2.72. The summed E-state index contributed by atoms with van der Waals surface area (Å²) < 4.78 is 10.7. The Hall–Kier alpha value is -0.560. The number of ether oxygens (including phenoxy) is 2. The third-order valence-corrected chi connectivity index (χ3v) is 6.89. The van der Waals surface area contributed by atoms with Crippen molar-refractivity contribution < 1.29 is 14.3 Å². The first-order valence-electron chi connectivity index (χ1n) is 5.95. The highest BCUT2D eigenvalue weighted by atomic mass is 33.1. The molecule has 0 spiro atoms. The monoisotopic (exact) mass is 301 g/mol. The second-order valence-corrected chi connectivity index (χ2v) is 7.86. The zero-order valence-electron chi connectivity index (χ0n) is 11.5. The zero-order chi connectivity index (χ0) is 14.0. The van der Waals surface area contributed by atoms with Gasteiger partial charge in [-0.25, -0.2) is 5.90 Å². The van der Waals surface area contributed by atoms with Crippen LogP contribution in [0.15, 0.2) is 18.2 Å². The van der Waals surface area contributed by atoms with Crippen molar-refractivity contribution in [1.29, 1.82) is 0 Å². The SMILES string of the molecule is COc1ccc(C2SSC(C)(C)C2ON)c(OC)c1. The Labute approximate surface area is 121 Å². The van der Waals surface area contributed by atoms with Crippen molar-refractivity contribution in [2.24, 2.45) is 5.90 Å². The molecule has 106 valence electrons. The maximum Gasteiger partial charge on any atom is 0.127 e. The van der Waals surface area contributed by atoms with E-state index in [0.717, 1.165) is 17.1 Å². The van der Waals surface area contributed by atoms with Crippen LogP contribution < -0.4 is 15.4 Å². The minimum absolute atomic E-state index is 0.0327. The summed E-state index contributed by atoms with van der Waals surface area (Å²) in [7, 11) is 6.86. The van der Waals surface area contributed by atoms with E-state index in [1.165, 1.54) is 0 Å². The molecular weight excluding hydrogens is 282 g/mol. The van der Waals surface area contributed by atoms with E-state index in [9.17, 15) is 0 Å². The lowest BCUT2D eigenvalue weighted by atomic mass is 9.97. The summed E-state index contributed by atoms with van der Waals surface area (Å²) in [5.74, 6) is 7.07. The molecule has 2 unspecified atom stereocenters. The Kier molecular flexibility index (Phi) is 4.55. The standard InChI is InChI=1S/C13H19NO3S2/c1-13(2)12(17-14)11(18-19-13)9-6-5-8(15-3)7-10(9)16-4/h5-7,11-12H,14H2,1-4H3. The van der Waals surface area contributed by atoms with Crippen LogP contribution in [0, 0.1) is 0 Å². The Morgan fingerprint density at radius 2 is 1.95 bits per heavy atom. The van der Waals surface area contributed by atoms with E-state index in [-0.39, 0.29) is 16.1 Å². The summed E-state index contributed by atoms with van der Waals surface area (Å²) in [6.07, 6.45) is -0.0650. The van der Waals surface area contributed by atoms with Gasteiger partial charge in [-0.3, -0.25) is 4.84 Å². The first-order chi connectivity index (χ1) is 9.03. The van der Waals surface area contributed by atoms with Gasteiger partial charge < -0.3 is 9.47 Å². The molecule has 0 aliphatic carbocycles. The average molecular weight is 301 g/mol. The minimum atomic E-state index is -0.0650. The van der Waals surface area contributed by atoms with Gasteiger partial charge in [-0.05, 0) is 19.9 Å². The molecule has 2 rings (SSSR count). The van der Waals surface area contributed by atoms with Crippen LogP contribution >= 0.6 is 21.6 Å². The summed E-state index contributed by atoms with van der Waals surface area (Å²) >= 11 is 0. The van der Waals surface area contributed by atoms with E-state index >= 15 is 0 Å². The fourth-order valence-electron chi connectivity index (χ4n) is 2.14. The van der Waals surface area contributed by atoms with Crippen LogP contribution in [0.5, 0.6) is 11.5 Å². The lowest BCUT2D eigenvalue weighted by Gasteiger charge is -2.26. The van der Waals surface area contributed by atoms with E-state index in [1.807, 2.05) is 18.2 Å². The van der Waals surface area contributed by atoms with Crippen LogP contribution in [0.2, 0.25) is 0 Å². The molecule has 0 saturated carbocycles. The van der Waals surface area contributed by atoms with Crippen molar-refractivity contribution >= 4 is 21.6 Å². The second kappa shape index (κ2) is 5.83. The molecule has 2 N–H and O–H groups in total. The van der Waals surface area contributed by atoms with Crippen molar-refractivity contribution in [2.75, 3.05) is 14.2 Å². The number of rotatable bonds is 4. The van der Waals surface area contributed by atoms with Crippen LogP contribution in [0.25, 0.3) is 0 Å². The smallest absolute Gasteiger partial charge is 0.127 e. The molecule has 1 saturated heterocycles. The Morgan fingerprint density at radius 3 is 2.53 bits per heavy atom. The lowest BCUT2D eigenvalue weighted by molar-refractivity contribution is 0.0335. The molecular formula is C13H19NO3S2. The molecule has 0 aromatic heterocycles. The molecule has 0 bridgehead atoms. The van der Waals surface area contributed by atoms with Crippen molar-refractivity contribution in [3.63, 3.8) is 0 Å². The molecule has 1 aliphatic heterocycles. The summed E-state index contributed by atoms with van der Waals surface area (Å²) in [5, 5.41) is 0.144. The van der Waals surface area contributed by atoms with Crippen molar-refractivity contribution in [2.45, 2.75) is 29.9 Å². The quantitative estimate of drug-likeness (QED) is 0.681. The fourth-order valence-corrected chi connectivity index (χ4v) is 5.62. The number of methoxy groups -OCH3 is 2. The zero-order valence-corrected chi connectivity index (χ0v) is 13.1. The molecule has 1 heterocycles. The van der Waals surface area contributed by atoms with Crippen LogP contribution in [0.4, 0.5) is 0 Å². The maximum absolute atomic E-state index is 5.49. The molecule has 1 aromatic rings. The third kappa shape index (κ3) is 2.81. The van der Waals surface area contributed by atoms with Gasteiger partial charge in [-0.15, -0.1) is 0 Å². The van der Waals surface area contributed by atoms with Crippen LogP contribution in [-0.2, 0) is 4.84 Å². The normalized spacial score (nSPS) is 25.3. The first kappa shape index (κ1) is 14.8. The Bertz CT molecular complexity index is 454. The number of hydrogen-bond acceptors (Lipinski definition) is 6. The molecule has 0 amide bonds. The second-order valence-electron chi connectivity index (χ2n) is 4.87. The van der Waals surface area contributed by atoms with Crippen LogP contribution in [0.3, 0.4) is 0 Å². The highest BCUT2D eigenvalue weighted by Crippen LogP contribution is 2.60. The number of nitrogens with two attached hydrogens (primary N) is 1. The van der Waals surface area contributed by atoms with Crippen molar-refractivity contribution in [1.82, 2.24) is 0 Å². The molecule has 1 aliphatic rings. The highest BCUT2D eigenvalue weighted by Gasteiger charge is 2.46. The summed E-state index contributed by atoms with van der Waals surface area (Å²) in [4.78, 5) is 5.22. The molecule has 1 aromatic carbocycles. The fraction of sp³-hybridized carbons (Fsp3) is 0.538. The summed E-state index contributed by atoms with van der Waals surface area (Å²) in [5.41, 5.74) is 1.09. The van der Waals surface area contributed by atoms with Gasteiger partial charge in [0, 0.05) is 11.6 Å². The molecule has 4 nitrogen and oxygen atoms in total. The third-order valence-electron chi connectivity index (χ3n) is 3.22. The number of benzene rings is 1. The van der Waals surface area contributed by atoms with Crippen molar-refractivity contribution in [3.05, 3.63) is 23.8 Å². The largest absolute Gasteiger partial charge is 0.497 e. The van der Waals surface area contributed by atoms with E-state index in [0.29, 0.717) is 0 Å². The molecule has 6 heteroatoms. The van der Waals surface area contributed by atoms with Gasteiger partial charge in [0.15, 0.2) is 0 Å². The van der Waals surface area contributed by atoms with Gasteiger partial charge in [0.25, 0.3) is 0 Å². The van der Waals surface area contributed by atoms with E-state index in [2.05, 4.69) is 13.8 Å². The predicted octanol–water partition coefficient (Wildman–Crippen LogP) is 3.18. The predicted molar refractivity (Wildman–Crippen MR) is 80.6 cm³/mol. The molecule has 0 radical (unpaired) electrons. The van der Waals surface area contributed by atoms with E-state index < -0.39 is 0 Å².